The molecule has 15 bridgehead atoms. The third-order valence-corrected chi connectivity index (χ3v) is 23.3. The number of carbonyl (C=O) groups is 7. The van der Waals surface area contributed by atoms with E-state index >= 15 is 24.0 Å². The summed E-state index contributed by atoms with van der Waals surface area (Å²) >= 11 is 21.2. The van der Waals surface area contributed by atoms with Gasteiger partial charge in [0, 0.05) is 53.8 Å². The van der Waals surface area contributed by atoms with Crippen molar-refractivity contribution in [1.82, 2.24) is 42.5 Å². The molecule has 0 aromatic heterocycles. The highest BCUT2D eigenvalue weighted by atomic mass is 35.5. The Balaban J connectivity index is 1.05. The molecule has 34 heteroatoms. The van der Waals surface area contributed by atoms with Gasteiger partial charge in [-0.1, -0.05) is 79.5 Å². The third-order valence-electron chi connectivity index (χ3n) is 22.3. The molecule has 3 fully saturated rings. The number of allylic oxidation sites excluding steroid dienone is 9. The Labute approximate surface area is 664 Å². The number of benzene rings is 3. The summed E-state index contributed by atoms with van der Waals surface area (Å²) in [6.45, 7) is 5.65. The van der Waals surface area contributed by atoms with Crippen LogP contribution < -0.4 is 62.5 Å². The number of primary amides is 1. The van der Waals surface area contributed by atoms with Crippen molar-refractivity contribution >= 4 is 76.2 Å². The lowest BCUT2D eigenvalue weighted by Crippen LogP contribution is -2.63. The summed E-state index contributed by atoms with van der Waals surface area (Å²) in [5.74, 6) is -13.3. The van der Waals surface area contributed by atoms with Gasteiger partial charge in [-0.25, -0.2) is 0 Å². The van der Waals surface area contributed by atoms with Crippen LogP contribution in [0.15, 0.2) is 147 Å². The molecule has 3 aromatic rings. The van der Waals surface area contributed by atoms with Crippen LogP contribution in [0.5, 0.6) is 17.2 Å². The lowest BCUT2D eigenvalue weighted by Gasteiger charge is -2.49. The zero-order chi connectivity index (χ0) is 80.9. The molecule has 21 atom stereocenters. The van der Waals surface area contributed by atoms with Gasteiger partial charge in [0.1, 0.15) is 71.9 Å². The second-order valence-corrected chi connectivity index (χ2v) is 32.0. The maximum Gasteiger partial charge on any atom is 0.248 e. The van der Waals surface area contributed by atoms with Gasteiger partial charge in [0.25, 0.3) is 0 Å². The second-order valence-electron chi connectivity index (χ2n) is 30.6. The minimum Gasteiger partial charge on any atom is -0.512 e. The second kappa shape index (κ2) is 34.0. The van der Waals surface area contributed by atoms with Crippen molar-refractivity contribution in [3.8, 4) is 28.4 Å². The maximum absolute atomic E-state index is 16.4. The number of amides is 7. The number of carbonyl (C=O) groups excluding carboxylic acids is 7. The van der Waals surface area contributed by atoms with Crippen LogP contribution in [0, 0.1) is 11.8 Å². The molecule has 19 N–H and O–H groups in total. The quantitative estimate of drug-likeness (QED) is 0.116. The number of rotatable bonds is 12. The van der Waals surface area contributed by atoms with Gasteiger partial charge in [-0.15, -0.1) is 11.6 Å². The molecule has 0 radical (unpaired) electrons. The number of likely N-dealkylation sites (N-methyl/N-ethyl adjacent to an activating group) is 1. The Morgan fingerprint density at radius 3 is 2.16 bits per heavy atom. The number of nitrogens with one attached hydrogen (secondary N) is 8. The highest BCUT2D eigenvalue weighted by molar-refractivity contribution is 6.31. The van der Waals surface area contributed by atoms with Gasteiger partial charge in [-0.3, -0.25) is 33.6 Å². The minimum atomic E-state index is -2.24. The lowest BCUT2D eigenvalue weighted by atomic mass is 9.75. The van der Waals surface area contributed by atoms with Gasteiger partial charge in [0.2, 0.25) is 53.4 Å². The van der Waals surface area contributed by atoms with Crippen molar-refractivity contribution < 1.29 is 108 Å². The molecule has 606 valence electrons. The maximum atomic E-state index is 16.4. The van der Waals surface area contributed by atoms with Crippen LogP contribution in [0.2, 0.25) is 5.02 Å². The van der Waals surface area contributed by atoms with Gasteiger partial charge in [-0.05, 0) is 151 Å². The van der Waals surface area contributed by atoms with E-state index in [1.807, 2.05) is 39.0 Å². The Kier molecular flexibility index (Phi) is 24.7. The predicted octanol–water partition coefficient (Wildman–Crippen LogP) is 2.48. The molecule has 3 aromatic carbocycles. The van der Waals surface area contributed by atoms with Crippen LogP contribution in [0.3, 0.4) is 0 Å². The fraction of sp³-hybridized carbons (Fsp3) is 0.481. The van der Waals surface area contributed by atoms with E-state index < -0.39 is 229 Å². The summed E-state index contributed by atoms with van der Waals surface area (Å²) in [7, 11) is 1.52. The Morgan fingerprint density at radius 2 is 1.47 bits per heavy atom. The first kappa shape index (κ1) is 82.2. The van der Waals surface area contributed by atoms with E-state index in [9.17, 15) is 55.5 Å². The van der Waals surface area contributed by atoms with Gasteiger partial charge in [-0.2, -0.15) is 0 Å². The standard InChI is InChI=1S/C79H92Cl3N9O22/c1-32(2)18-48(84-5)72(102)90-64-66(98)37-10-16-53(46(81)21-37)109-55-23-39-24-56(69(55)113-78-70-61(68(100)57(31-93)111-78)43-19-34(6-14-42(43)35-7-12-40(80)13-8-35)29-85-79(4)28-59(112-70)108-33(3)71(79)101)110-54-17-11-38(22-47(54)82)67(99)65-77(107)87-50(30-92)44-25-41(94)26-52(96)60(44)45-20-36(9-15-51(45)95)62(74(104)91-65)89-75(105)63(39)88-73(103)49(27-58(83)97)86-76(64)106/h6-9,11-15,17,19,21,23-25,32-33,41,45,47-50,57,59,61-68,70-71,78,84-85,92-96,98-101H,10,16,18,20,22,26-31H2,1-5H3,(H2,83,97)(H,86,106)(H,87,107)(H,88,103)(H,89,105)(H,90,102)(H,91,104)/t33?,41?,45?,47?,48-,49+,50-,57?,59+,61+,62-,63-,64-,65+,66-,67-,68?,70?,71-,78-,79?/m1/s1. The van der Waals surface area contributed by atoms with Crippen LogP contribution >= 0.6 is 34.8 Å². The van der Waals surface area contributed by atoms with E-state index in [-0.39, 0.29) is 94.5 Å². The number of hydrogen-bond donors (Lipinski definition) is 18. The molecule has 4 aliphatic carbocycles. The van der Waals surface area contributed by atoms with E-state index in [0.29, 0.717) is 27.3 Å². The molecule has 15 rings (SSSR count). The van der Waals surface area contributed by atoms with E-state index in [0.717, 1.165) is 0 Å². The third kappa shape index (κ3) is 17.2. The van der Waals surface area contributed by atoms with Crippen LogP contribution in [0.4, 0.5) is 0 Å². The van der Waals surface area contributed by atoms with Crippen LogP contribution in [0.25, 0.3) is 11.1 Å². The Hall–Kier alpha value is -8.74. The van der Waals surface area contributed by atoms with Gasteiger partial charge < -0.3 is 123 Å². The van der Waals surface area contributed by atoms with Crippen molar-refractivity contribution in [3.05, 3.63) is 169 Å². The molecule has 3 saturated heterocycles. The van der Waals surface area contributed by atoms with Gasteiger partial charge in [0.15, 0.2) is 17.8 Å². The monoisotopic (exact) mass is 1620 g/mol. The summed E-state index contributed by atoms with van der Waals surface area (Å²) < 4.78 is 41.6. The van der Waals surface area contributed by atoms with Crippen molar-refractivity contribution in [3.63, 3.8) is 0 Å². The van der Waals surface area contributed by atoms with E-state index in [2.05, 4.69) is 42.5 Å². The van der Waals surface area contributed by atoms with Crippen LogP contribution in [0.1, 0.15) is 108 Å². The average molecular weight is 1630 g/mol. The number of ether oxygens (including phenoxy) is 6. The van der Waals surface area contributed by atoms with E-state index in [1.165, 1.54) is 55.6 Å². The van der Waals surface area contributed by atoms with Crippen molar-refractivity contribution in [2.45, 2.75) is 206 Å². The normalized spacial score (nSPS) is 33.2. The Bertz CT molecular complexity index is 4550. The molecule has 31 nitrogen and oxygen atoms in total. The zero-order valence-corrected chi connectivity index (χ0v) is 64.4. The first-order valence-electron chi connectivity index (χ1n) is 37.4. The number of aliphatic hydroxyl groups is 9. The van der Waals surface area contributed by atoms with Crippen molar-refractivity contribution in [2.24, 2.45) is 17.6 Å². The number of halogens is 3. The number of hydrogen-bond acceptors (Lipinski definition) is 24. The lowest BCUT2D eigenvalue weighted by molar-refractivity contribution is -0.317. The highest BCUT2D eigenvalue weighted by Crippen LogP contribution is 2.51. The molecular formula is C79H92Cl3N9O22. The summed E-state index contributed by atoms with van der Waals surface area (Å²) in [6, 6.07) is 2.16. The van der Waals surface area contributed by atoms with Crippen molar-refractivity contribution in [1.29, 1.82) is 0 Å². The number of fused-ring (bicyclic) bond motifs is 21. The summed E-state index contributed by atoms with van der Waals surface area (Å²) in [5.41, 5.74) is 6.68. The van der Waals surface area contributed by atoms with E-state index in [1.54, 1.807) is 31.2 Å². The summed E-state index contributed by atoms with van der Waals surface area (Å²) in [6.07, 6.45) is -9.77. The molecule has 8 heterocycles. The SMILES string of the molecule is CN[C@H](CC(C)C)C(=O)N[C@H]1C(=O)N[C@@H](CC(N)=O)C(=O)N[C@H]2C(=O)N[C@H]3C(=O)N[C@H](C(=O)N[C@H](CO)C4=CC(O)CC(O)=C4C4CC3=CC=C4O)[C@H](O)C3=CC=C(Oc4cc2cc(c4O[C@H]2OC(CO)C(O)[C@@H]4c5cc(ccc5-c5ccc(Cl)cc5)CNC5(C)C[C@H](OC24)OC(C)[C@H]5O)OC2=C(Cl)C=C(CC2)[C@H]1O)C(Cl)C3. The number of aliphatic hydroxyl groups excluding tert-OH is 9. The zero-order valence-electron chi connectivity index (χ0n) is 62.1. The smallest absolute Gasteiger partial charge is 0.248 e. The van der Waals surface area contributed by atoms with Crippen molar-refractivity contribution in [2.75, 3.05) is 20.3 Å². The topological polar surface area (TPSA) is 479 Å². The predicted molar refractivity (Wildman–Crippen MR) is 406 cm³/mol. The number of nitrogens with two attached hydrogens (primary N) is 1. The molecule has 12 aliphatic rings. The molecule has 0 saturated carbocycles. The minimum absolute atomic E-state index is 0.00830. The largest absolute Gasteiger partial charge is 0.512 e. The average Bonchev–Trinajstić information content (AvgIpc) is 1.72. The van der Waals surface area contributed by atoms with Crippen LogP contribution in [-0.4, -0.2) is 216 Å². The fourth-order valence-electron chi connectivity index (χ4n) is 16.4. The molecular weight excluding hydrogens is 1530 g/mol. The first-order valence-corrected chi connectivity index (χ1v) is 38.6. The Morgan fingerprint density at radius 1 is 0.761 bits per heavy atom. The molecule has 7 amide bonds. The summed E-state index contributed by atoms with van der Waals surface area (Å²) in [4.78, 5) is 106. The van der Waals surface area contributed by atoms with Gasteiger partial charge in [0.05, 0.1) is 72.3 Å². The number of alkyl halides is 1. The molecule has 8 aliphatic heterocycles. The molecule has 0 spiro atoms. The molecule has 8 unspecified atom stereocenters. The first-order chi connectivity index (χ1) is 53.8. The van der Waals surface area contributed by atoms with Gasteiger partial charge >= 0.3 is 0 Å². The summed E-state index contributed by atoms with van der Waals surface area (Å²) in [5, 5.41) is 128. The molecule has 113 heavy (non-hydrogen) atoms. The van der Waals surface area contributed by atoms with E-state index in [4.69, 9.17) is 69.0 Å². The fourth-order valence-corrected chi connectivity index (χ4v) is 17.1. The van der Waals surface area contributed by atoms with Crippen LogP contribution in [-0.2, 0) is 54.3 Å². The highest BCUT2D eigenvalue weighted by Gasteiger charge is 2.54.